The van der Waals surface area contributed by atoms with E-state index >= 15 is 0 Å². The lowest BCUT2D eigenvalue weighted by atomic mass is 10.1. The highest BCUT2D eigenvalue weighted by atomic mass is 16.6. The lowest BCUT2D eigenvalue weighted by Crippen LogP contribution is -2.12. The van der Waals surface area contributed by atoms with E-state index < -0.39 is 6.09 Å². The Balaban J connectivity index is 1.61. The molecule has 0 bridgehead atoms. The van der Waals surface area contributed by atoms with Gasteiger partial charge in [-0.1, -0.05) is 17.3 Å². The van der Waals surface area contributed by atoms with Crippen LogP contribution in [0.15, 0.2) is 57.9 Å². The Kier molecular flexibility index (Phi) is 4.28. The van der Waals surface area contributed by atoms with Crippen molar-refractivity contribution in [2.45, 2.75) is 13.2 Å². The van der Waals surface area contributed by atoms with Gasteiger partial charge < -0.3 is 24.7 Å². The summed E-state index contributed by atoms with van der Waals surface area (Å²) < 4.78 is 14.8. The molecule has 118 valence electrons. The van der Waals surface area contributed by atoms with Crippen molar-refractivity contribution < 1.29 is 18.5 Å². The molecule has 3 rings (SSSR count). The zero-order valence-corrected chi connectivity index (χ0v) is 12.2. The number of hydrogen-bond donors (Lipinski definition) is 2. The third kappa shape index (κ3) is 3.91. The van der Waals surface area contributed by atoms with Crippen LogP contribution in [-0.4, -0.2) is 11.2 Å². The first kappa shape index (κ1) is 14.7. The second-order valence-electron chi connectivity index (χ2n) is 4.85. The van der Waals surface area contributed by atoms with Crippen molar-refractivity contribution in [3.8, 4) is 11.3 Å². The van der Waals surface area contributed by atoms with Gasteiger partial charge in [0.1, 0.15) is 5.69 Å². The predicted molar refractivity (Wildman–Crippen MR) is 82.3 cm³/mol. The summed E-state index contributed by atoms with van der Waals surface area (Å²) >= 11 is 0. The van der Waals surface area contributed by atoms with Gasteiger partial charge in [-0.15, -0.1) is 0 Å². The van der Waals surface area contributed by atoms with Crippen LogP contribution in [0.5, 0.6) is 0 Å². The summed E-state index contributed by atoms with van der Waals surface area (Å²) in [5, 5.41) is 7.23. The highest BCUT2D eigenvalue weighted by molar-refractivity contribution is 5.65. The molecular formula is C16H15N3O4. The number of nitrogens with one attached hydrogen (secondary N) is 1. The van der Waals surface area contributed by atoms with E-state index in [0.29, 0.717) is 18.0 Å². The highest BCUT2D eigenvalue weighted by Crippen LogP contribution is 2.22. The van der Waals surface area contributed by atoms with Gasteiger partial charge in [0.25, 0.3) is 0 Å². The van der Waals surface area contributed by atoms with Crippen molar-refractivity contribution in [1.82, 2.24) is 5.16 Å². The van der Waals surface area contributed by atoms with Gasteiger partial charge in [-0.2, -0.15) is 0 Å². The molecule has 0 aliphatic heterocycles. The first-order valence-corrected chi connectivity index (χ1v) is 6.94. The molecule has 0 spiro atoms. The molecule has 0 aliphatic carbocycles. The van der Waals surface area contributed by atoms with Crippen LogP contribution < -0.4 is 11.1 Å². The number of benzene rings is 1. The number of aromatic nitrogens is 1. The Labute approximate surface area is 132 Å². The van der Waals surface area contributed by atoms with Gasteiger partial charge in [0.05, 0.1) is 12.5 Å². The van der Waals surface area contributed by atoms with Crippen LogP contribution in [0.3, 0.4) is 0 Å². The summed E-state index contributed by atoms with van der Waals surface area (Å²) in [6, 6.07) is 11.4. The number of primary amides is 1. The quantitative estimate of drug-likeness (QED) is 0.724. The Hall–Kier alpha value is -3.22. The molecule has 23 heavy (non-hydrogen) atoms. The number of amides is 1. The fraction of sp³-hybridized carbons (Fsp3) is 0.125. The Morgan fingerprint density at radius 3 is 2.78 bits per heavy atom. The summed E-state index contributed by atoms with van der Waals surface area (Å²) in [7, 11) is 0. The first-order valence-electron chi connectivity index (χ1n) is 6.94. The second kappa shape index (κ2) is 6.69. The molecular weight excluding hydrogens is 298 g/mol. The summed E-state index contributed by atoms with van der Waals surface area (Å²) in [5.74, 6) is 0.431. The minimum atomic E-state index is -0.851. The average Bonchev–Trinajstić information content (AvgIpc) is 3.23. The molecule has 7 heteroatoms. The third-order valence-corrected chi connectivity index (χ3v) is 3.17. The van der Waals surface area contributed by atoms with Gasteiger partial charge in [0.2, 0.25) is 0 Å². The molecule has 0 radical (unpaired) electrons. The average molecular weight is 313 g/mol. The van der Waals surface area contributed by atoms with Gasteiger partial charge >= 0.3 is 6.09 Å². The largest absolute Gasteiger partial charge is 0.472 e. The number of rotatable bonds is 6. The van der Waals surface area contributed by atoms with E-state index in [1.165, 1.54) is 0 Å². The predicted octanol–water partition coefficient (Wildman–Crippen LogP) is 3.14. The molecule has 3 aromatic rings. The van der Waals surface area contributed by atoms with Crippen molar-refractivity contribution in [2.75, 3.05) is 5.32 Å². The van der Waals surface area contributed by atoms with Crippen molar-refractivity contribution in [3.63, 3.8) is 0 Å². The fourth-order valence-corrected chi connectivity index (χ4v) is 2.02. The SMILES string of the molecule is NC(=O)OCc1cc(-c2ccc(NCc3ccoc3)cc2)no1. The van der Waals surface area contributed by atoms with E-state index in [9.17, 15) is 4.79 Å². The van der Waals surface area contributed by atoms with Gasteiger partial charge in [-0.25, -0.2) is 4.79 Å². The van der Waals surface area contributed by atoms with Crippen molar-refractivity contribution >= 4 is 11.8 Å². The molecule has 0 atom stereocenters. The second-order valence-corrected chi connectivity index (χ2v) is 4.85. The maximum atomic E-state index is 10.6. The van der Waals surface area contributed by atoms with Crippen LogP contribution in [0.2, 0.25) is 0 Å². The monoisotopic (exact) mass is 313 g/mol. The lowest BCUT2D eigenvalue weighted by molar-refractivity contribution is 0.137. The van der Waals surface area contributed by atoms with Crippen LogP contribution in [0.4, 0.5) is 10.5 Å². The summed E-state index contributed by atoms with van der Waals surface area (Å²) in [6.45, 7) is 0.654. The smallest absolute Gasteiger partial charge is 0.404 e. The number of carbonyl (C=O) groups is 1. The molecule has 0 unspecified atom stereocenters. The lowest BCUT2D eigenvalue weighted by Gasteiger charge is -2.05. The molecule has 2 aromatic heterocycles. The van der Waals surface area contributed by atoms with Crippen LogP contribution in [-0.2, 0) is 17.9 Å². The maximum Gasteiger partial charge on any atom is 0.404 e. The molecule has 0 saturated carbocycles. The molecule has 0 aliphatic rings. The van der Waals surface area contributed by atoms with Gasteiger partial charge in [0.15, 0.2) is 12.4 Å². The van der Waals surface area contributed by atoms with Crippen LogP contribution >= 0.6 is 0 Å². The van der Waals surface area contributed by atoms with Crippen molar-refractivity contribution in [1.29, 1.82) is 0 Å². The Bertz CT molecular complexity index is 763. The van der Waals surface area contributed by atoms with E-state index in [0.717, 1.165) is 16.8 Å². The van der Waals surface area contributed by atoms with E-state index in [1.54, 1.807) is 18.6 Å². The van der Waals surface area contributed by atoms with Gasteiger partial charge in [-0.05, 0) is 18.2 Å². The number of ether oxygens (including phenoxy) is 1. The van der Waals surface area contributed by atoms with E-state index in [4.69, 9.17) is 14.7 Å². The fourth-order valence-electron chi connectivity index (χ4n) is 2.02. The topological polar surface area (TPSA) is 104 Å². The molecule has 2 heterocycles. The highest BCUT2D eigenvalue weighted by Gasteiger charge is 2.08. The van der Waals surface area contributed by atoms with E-state index in [2.05, 4.69) is 15.2 Å². The van der Waals surface area contributed by atoms with Crippen LogP contribution in [0.25, 0.3) is 11.3 Å². The zero-order chi connectivity index (χ0) is 16.1. The molecule has 1 amide bonds. The van der Waals surface area contributed by atoms with Gasteiger partial charge in [-0.3, -0.25) is 0 Å². The van der Waals surface area contributed by atoms with Crippen molar-refractivity contribution in [3.05, 3.63) is 60.2 Å². The summed E-state index contributed by atoms with van der Waals surface area (Å²) in [5.41, 5.74) is 8.52. The number of carbonyl (C=O) groups excluding carboxylic acids is 1. The van der Waals surface area contributed by atoms with E-state index in [1.807, 2.05) is 30.3 Å². The Morgan fingerprint density at radius 2 is 2.09 bits per heavy atom. The van der Waals surface area contributed by atoms with Crippen LogP contribution in [0.1, 0.15) is 11.3 Å². The molecule has 3 N–H and O–H groups in total. The Morgan fingerprint density at radius 1 is 1.26 bits per heavy atom. The summed E-state index contributed by atoms with van der Waals surface area (Å²) in [6.07, 6.45) is 2.49. The summed E-state index contributed by atoms with van der Waals surface area (Å²) in [4.78, 5) is 10.6. The maximum absolute atomic E-state index is 10.6. The van der Waals surface area contributed by atoms with Crippen LogP contribution in [0, 0.1) is 0 Å². The van der Waals surface area contributed by atoms with Crippen molar-refractivity contribution in [2.24, 2.45) is 5.73 Å². The normalized spacial score (nSPS) is 10.4. The third-order valence-electron chi connectivity index (χ3n) is 3.17. The molecule has 0 saturated heterocycles. The molecule has 1 aromatic carbocycles. The molecule has 7 nitrogen and oxygen atoms in total. The standard InChI is InChI=1S/C16H15N3O4/c17-16(20)22-10-14-7-15(19-23-14)12-1-3-13(4-2-12)18-8-11-5-6-21-9-11/h1-7,9,18H,8,10H2,(H2,17,20). The number of furan rings is 1. The minimum Gasteiger partial charge on any atom is -0.472 e. The van der Waals surface area contributed by atoms with E-state index in [-0.39, 0.29) is 6.61 Å². The zero-order valence-electron chi connectivity index (χ0n) is 12.2. The minimum absolute atomic E-state index is 0.0350. The van der Waals surface area contributed by atoms with Gasteiger partial charge in [0, 0.05) is 29.4 Å². The molecule has 0 fully saturated rings. The number of nitrogens with zero attached hydrogens (tertiary/aromatic N) is 1. The first-order chi connectivity index (χ1) is 11.2. The number of hydrogen-bond acceptors (Lipinski definition) is 6. The number of nitrogens with two attached hydrogens (primary N) is 1. The number of anilines is 1.